The van der Waals surface area contributed by atoms with Crippen molar-refractivity contribution in [1.29, 1.82) is 0 Å². The van der Waals surface area contributed by atoms with E-state index in [1.165, 1.54) is 73.7 Å². The summed E-state index contributed by atoms with van der Waals surface area (Å²) in [5, 5.41) is 53.9. The van der Waals surface area contributed by atoms with Crippen LogP contribution in [-0.2, 0) is 20.2 Å². The molecule has 0 aliphatic carbocycles. The topological polar surface area (TPSA) is 364 Å². The van der Waals surface area contributed by atoms with Crippen LogP contribution < -0.4 is 5.73 Å². The van der Waals surface area contributed by atoms with Crippen LogP contribution in [0.3, 0.4) is 0 Å². The van der Waals surface area contributed by atoms with Gasteiger partial charge >= 0.3 is 5.97 Å². The van der Waals surface area contributed by atoms with Crippen molar-refractivity contribution in [1.82, 2.24) is 0 Å². The number of ketones is 1. The van der Waals surface area contributed by atoms with Gasteiger partial charge in [0.25, 0.3) is 20.2 Å². The first kappa shape index (κ1) is 41.9. The van der Waals surface area contributed by atoms with Gasteiger partial charge in [-0.05, 0) is 79.0 Å². The molecule has 0 radical (unpaired) electrons. The van der Waals surface area contributed by atoms with E-state index in [2.05, 4.69) is 30.7 Å². The Bertz CT molecular complexity index is 3080. The molecule has 6 aromatic carbocycles. The van der Waals surface area contributed by atoms with Crippen LogP contribution in [0.1, 0.15) is 27.6 Å². The second-order valence-corrected chi connectivity index (χ2v) is 16.5. The maximum atomic E-state index is 12.6. The van der Waals surface area contributed by atoms with Gasteiger partial charge in [0, 0.05) is 16.3 Å². The summed E-state index contributed by atoms with van der Waals surface area (Å²) in [6.45, 7) is 1.35. The largest absolute Gasteiger partial charge is 0.505 e. The third-order valence-electron chi connectivity index (χ3n) is 8.41. The third kappa shape index (κ3) is 8.59. The summed E-state index contributed by atoms with van der Waals surface area (Å²) in [7, 11) is -15.1. The highest BCUT2D eigenvalue weighted by atomic mass is 32.3. The molecule has 0 atom stereocenters. The molecule has 0 heterocycles. The van der Waals surface area contributed by atoms with E-state index in [1.807, 2.05) is 0 Å². The Morgan fingerprint density at radius 2 is 1.17 bits per heavy atom. The number of carboxylic acid groups (broad SMARTS) is 1. The monoisotopic (exact) mass is 865 g/mol. The van der Waals surface area contributed by atoms with Gasteiger partial charge in [-0.3, -0.25) is 13.9 Å². The average molecular weight is 866 g/mol. The lowest BCUT2D eigenvalue weighted by Crippen LogP contribution is -2.03. The Hall–Kier alpha value is -6.77. The van der Waals surface area contributed by atoms with Gasteiger partial charge in [0.15, 0.2) is 17.3 Å². The minimum Gasteiger partial charge on any atom is -0.505 e. The molecule has 0 bridgehead atoms. The number of phenols is 2. The van der Waals surface area contributed by atoms with Gasteiger partial charge < -0.3 is 34.7 Å². The molecule has 0 aliphatic heterocycles. The lowest BCUT2D eigenvalue weighted by molar-refractivity contribution is 0.0697. The van der Waals surface area contributed by atoms with Crippen molar-refractivity contribution in [2.45, 2.75) is 21.6 Å². The molecule has 0 unspecified atom stereocenters. The summed E-state index contributed by atoms with van der Waals surface area (Å²) in [5.41, 5.74) is 3.46. The highest BCUT2D eigenvalue weighted by molar-refractivity contribution is 8.19. The van der Waals surface area contributed by atoms with Crippen LogP contribution in [0.15, 0.2) is 130 Å². The molecule has 0 aliphatic rings. The number of carbonyl (C=O) groups excluding carboxylic acids is 1. The van der Waals surface area contributed by atoms with Gasteiger partial charge in [0.2, 0.25) is 0 Å². The summed E-state index contributed by atoms with van der Waals surface area (Å²) >= 11 is 0. The molecule has 6 aromatic rings. The lowest BCUT2D eigenvalue weighted by Gasteiger charge is -2.23. The van der Waals surface area contributed by atoms with Crippen molar-refractivity contribution in [3.05, 3.63) is 96.1 Å². The Morgan fingerprint density at radius 3 is 1.78 bits per heavy atom. The van der Waals surface area contributed by atoms with E-state index in [0.29, 0.717) is 17.7 Å². The fourth-order valence-corrected chi connectivity index (χ4v) is 7.65. The zero-order chi connectivity index (χ0) is 43.2. The first-order valence-corrected chi connectivity index (χ1v) is 20.5. The van der Waals surface area contributed by atoms with E-state index in [1.54, 1.807) is 0 Å². The van der Waals surface area contributed by atoms with Crippen LogP contribution in [0.2, 0.25) is 0 Å². The molecule has 24 heteroatoms. The lowest BCUT2D eigenvalue weighted by atomic mass is 10.0. The van der Waals surface area contributed by atoms with Gasteiger partial charge in [0.1, 0.15) is 43.4 Å². The minimum absolute atomic E-state index is 0.0565. The summed E-state index contributed by atoms with van der Waals surface area (Å²) in [4.78, 5) is 20.5. The predicted molar refractivity (Wildman–Crippen MR) is 211 cm³/mol. The summed E-state index contributed by atoms with van der Waals surface area (Å²) in [5.74, 6) is -3.55. The van der Waals surface area contributed by atoms with Crippen LogP contribution in [0.25, 0.3) is 21.5 Å². The zero-order valence-electron chi connectivity index (χ0n) is 29.6. The summed E-state index contributed by atoms with van der Waals surface area (Å²) in [6.07, 6.45) is 0. The number of carboxylic acids is 1. The normalized spacial score (nSPS) is 13.0. The minimum atomic E-state index is -5.26. The molecule has 0 spiro atoms. The Balaban J connectivity index is 1.50. The number of nitrogen functional groups attached to an aromatic ring is 1. The first-order valence-electron chi connectivity index (χ1n) is 16.1. The van der Waals surface area contributed by atoms with Crippen molar-refractivity contribution >= 4 is 104 Å². The van der Waals surface area contributed by atoms with Gasteiger partial charge in [-0.25, -0.2) is 4.79 Å². The molecule has 10 N–H and O–H groups in total. The second-order valence-electron chi connectivity index (χ2n) is 12.3. The van der Waals surface area contributed by atoms with Crippen LogP contribution in [0, 0.1) is 0 Å². The number of nitrogens with two attached hydrogens (primary N) is 1. The summed E-state index contributed by atoms with van der Waals surface area (Å²) in [6, 6.07) is 16.9. The number of phenolic OH excluding ortho intramolecular Hbond substituents is 2. The number of carbonyl (C=O) groups is 2. The SMILES string of the molecule is CC(=O)c1ccc(N=Nc2c(S(=O)(=O)O)cc3ccc(N=Nc4cc(S(=O)(=O)O)c5cc(S(O)(O)O)c(N=Nc6ccccc6C(=O)O)c(O)c5c4N)cc3c2O)cc1. The number of anilines is 1. The van der Waals surface area contributed by atoms with Gasteiger partial charge in [-0.1, -0.05) is 18.2 Å². The Labute approximate surface area is 333 Å². The zero-order valence-corrected chi connectivity index (χ0v) is 32.0. The molecule has 0 fully saturated rings. The third-order valence-corrected chi connectivity index (χ3v) is 11.1. The number of rotatable bonds is 11. The van der Waals surface area contributed by atoms with Crippen LogP contribution >= 0.6 is 10.9 Å². The molecule has 0 aromatic heterocycles. The fourth-order valence-electron chi connectivity index (χ4n) is 5.62. The van der Waals surface area contributed by atoms with Crippen molar-refractivity contribution in [3.8, 4) is 11.5 Å². The van der Waals surface area contributed by atoms with Gasteiger partial charge in [-0.15, -0.1) is 20.5 Å². The van der Waals surface area contributed by atoms with Crippen molar-refractivity contribution in [2.24, 2.45) is 30.7 Å². The number of aromatic carboxylic acids is 1. The van der Waals surface area contributed by atoms with Crippen LogP contribution in [0.4, 0.5) is 39.8 Å². The fraction of sp³-hybridized carbons (Fsp3) is 0.0286. The smallest absolute Gasteiger partial charge is 0.337 e. The Morgan fingerprint density at radius 1 is 0.593 bits per heavy atom. The number of hydrogen-bond donors (Lipinski definition) is 9. The molecule has 21 nitrogen and oxygen atoms in total. The van der Waals surface area contributed by atoms with Crippen LogP contribution in [-0.4, -0.2) is 66.7 Å². The number of hydrogen-bond acceptors (Lipinski definition) is 18. The molecule has 59 heavy (non-hydrogen) atoms. The first-order chi connectivity index (χ1) is 27.6. The average Bonchev–Trinajstić information content (AvgIpc) is 3.15. The molecule has 0 saturated heterocycles. The van der Waals surface area contributed by atoms with E-state index < -0.39 is 96.8 Å². The number of benzene rings is 6. The van der Waals surface area contributed by atoms with Crippen LogP contribution in [0.5, 0.6) is 11.5 Å². The number of fused-ring (bicyclic) bond motifs is 2. The number of azo groups is 3. The standard InChI is InChI=1S/C35H27N7O14S3/c1-16(43)17-6-9-19(10-7-17)37-41-31-27(58(51,52)53)12-18-8-11-20(13-22(18)33(31)44)38-40-25-15-26(57(48,49)50)23-14-28(59(54,55)56)32(34(45)29(23)30(25)36)42-39-24-5-3-2-4-21(24)35(46)47/h2-15,44-45,54-56H,36H2,1H3,(H,46,47)(H,48,49,50)(H,51,52,53). The predicted octanol–water partition coefficient (Wildman–Crippen LogP) is 9.21. The second kappa shape index (κ2) is 15.5. The highest BCUT2D eigenvalue weighted by Gasteiger charge is 2.30. The van der Waals surface area contributed by atoms with E-state index in [-0.39, 0.29) is 39.2 Å². The quantitative estimate of drug-likeness (QED) is 0.0253. The molecule has 304 valence electrons. The van der Waals surface area contributed by atoms with Gasteiger partial charge in [0.05, 0.1) is 32.9 Å². The van der Waals surface area contributed by atoms with Crippen molar-refractivity contribution < 1.29 is 64.5 Å². The molecule has 0 amide bonds. The maximum absolute atomic E-state index is 12.6. The van der Waals surface area contributed by atoms with Gasteiger partial charge in [-0.2, -0.15) is 27.1 Å². The van der Waals surface area contributed by atoms with E-state index in [9.17, 15) is 64.5 Å². The maximum Gasteiger partial charge on any atom is 0.337 e. The van der Waals surface area contributed by atoms with E-state index in [4.69, 9.17) is 5.73 Å². The number of Topliss-reactive ketones (excluding diaryl/α,β-unsaturated/α-hetero) is 1. The Kier molecular flexibility index (Phi) is 11.0. The highest BCUT2D eigenvalue weighted by Crippen LogP contribution is 2.56. The van der Waals surface area contributed by atoms with E-state index >= 15 is 0 Å². The molecular weight excluding hydrogens is 839 g/mol. The van der Waals surface area contributed by atoms with Crippen molar-refractivity contribution in [3.63, 3.8) is 0 Å². The molecule has 6 rings (SSSR count). The number of aromatic hydroxyl groups is 2. The molecule has 0 saturated carbocycles. The summed E-state index contributed by atoms with van der Waals surface area (Å²) < 4.78 is 101. The van der Waals surface area contributed by atoms with Crippen molar-refractivity contribution in [2.75, 3.05) is 5.73 Å². The number of nitrogens with zero attached hydrogens (tertiary/aromatic N) is 6. The molecular formula is C35H27N7O14S3. The van der Waals surface area contributed by atoms with E-state index in [0.717, 1.165) is 6.07 Å².